The van der Waals surface area contributed by atoms with Crippen molar-refractivity contribution in [2.45, 2.75) is 13.5 Å². The number of halogens is 1. The van der Waals surface area contributed by atoms with E-state index in [-0.39, 0.29) is 0 Å². The Kier molecular flexibility index (Phi) is 3.38. The van der Waals surface area contributed by atoms with Gasteiger partial charge in [0.15, 0.2) is 0 Å². The van der Waals surface area contributed by atoms with Crippen molar-refractivity contribution in [3.63, 3.8) is 0 Å². The van der Waals surface area contributed by atoms with Crippen LogP contribution < -0.4 is 4.74 Å². The Morgan fingerprint density at radius 2 is 2.33 bits per heavy atom. The lowest BCUT2D eigenvalue weighted by atomic mass is 10.2. The Bertz CT molecular complexity index is 422. The molecule has 0 saturated heterocycles. The molecule has 2 rings (SSSR count). The van der Waals surface area contributed by atoms with Crippen LogP contribution in [-0.2, 0) is 6.61 Å². The normalized spacial score (nSPS) is 10.3. The SMILES string of the molecule is Cc1cccc(Br)c1OCc1cscn1. The first-order valence-electron chi connectivity index (χ1n) is 4.52. The van der Waals surface area contributed by atoms with Gasteiger partial charge < -0.3 is 4.74 Å². The molecule has 0 spiro atoms. The molecule has 0 aliphatic heterocycles. The summed E-state index contributed by atoms with van der Waals surface area (Å²) in [5.74, 6) is 0.894. The van der Waals surface area contributed by atoms with Crippen molar-refractivity contribution in [3.8, 4) is 5.75 Å². The van der Waals surface area contributed by atoms with E-state index in [0.29, 0.717) is 6.61 Å². The highest BCUT2D eigenvalue weighted by molar-refractivity contribution is 9.10. The van der Waals surface area contributed by atoms with Crippen LogP contribution in [0.2, 0.25) is 0 Å². The maximum absolute atomic E-state index is 5.71. The Hall–Kier alpha value is -0.870. The van der Waals surface area contributed by atoms with Crippen molar-refractivity contribution in [1.82, 2.24) is 4.98 Å². The highest BCUT2D eigenvalue weighted by Crippen LogP contribution is 2.28. The van der Waals surface area contributed by atoms with Gasteiger partial charge in [0.25, 0.3) is 0 Å². The molecule has 0 aliphatic rings. The minimum Gasteiger partial charge on any atom is -0.486 e. The maximum Gasteiger partial charge on any atom is 0.136 e. The maximum atomic E-state index is 5.71. The Labute approximate surface area is 101 Å². The molecule has 0 atom stereocenters. The van der Waals surface area contributed by atoms with Crippen LogP contribution in [0, 0.1) is 6.92 Å². The lowest BCUT2D eigenvalue weighted by Crippen LogP contribution is -1.97. The monoisotopic (exact) mass is 283 g/mol. The lowest BCUT2D eigenvalue weighted by molar-refractivity contribution is 0.298. The summed E-state index contributed by atoms with van der Waals surface area (Å²) in [5.41, 5.74) is 3.90. The summed E-state index contributed by atoms with van der Waals surface area (Å²) in [6, 6.07) is 6.00. The van der Waals surface area contributed by atoms with Crippen LogP contribution in [0.4, 0.5) is 0 Å². The number of ether oxygens (including phenoxy) is 1. The van der Waals surface area contributed by atoms with Crippen molar-refractivity contribution >= 4 is 27.3 Å². The van der Waals surface area contributed by atoms with Gasteiger partial charge in [-0.05, 0) is 34.5 Å². The quantitative estimate of drug-likeness (QED) is 0.855. The van der Waals surface area contributed by atoms with Gasteiger partial charge in [-0.1, -0.05) is 12.1 Å². The summed E-state index contributed by atoms with van der Waals surface area (Å²) in [5, 5.41) is 1.99. The van der Waals surface area contributed by atoms with Crippen molar-refractivity contribution < 1.29 is 4.74 Å². The average Bonchev–Trinajstić information content (AvgIpc) is 2.70. The van der Waals surface area contributed by atoms with E-state index in [0.717, 1.165) is 21.5 Å². The molecule has 0 amide bonds. The van der Waals surface area contributed by atoms with Crippen LogP contribution in [0.5, 0.6) is 5.75 Å². The Balaban J connectivity index is 2.11. The largest absolute Gasteiger partial charge is 0.486 e. The summed E-state index contributed by atoms with van der Waals surface area (Å²) in [7, 11) is 0. The fourth-order valence-corrected chi connectivity index (χ4v) is 2.38. The van der Waals surface area contributed by atoms with E-state index in [9.17, 15) is 0 Å². The zero-order chi connectivity index (χ0) is 10.7. The first-order chi connectivity index (χ1) is 7.27. The third-order valence-corrected chi connectivity index (χ3v) is 3.27. The van der Waals surface area contributed by atoms with Gasteiger partial charge in [-0.2, -0.15) is 0 Å². The molecule has 0 saturated carbocycles. The molecule has 2 nitrogen and oxygen atoms in total. The second-order valence-electron chi connectivity index (χ2n) is 3.15. The van der Waals surface area contributed by atoms with Gasteiger partial charge in [0.05, 0.1) is 15.7 Å². The van der Waals surface area contributed by atoms with Crippen LogP contribution >= 0.6 is 27.3 Å². The number of aromatic nitrogens is 1. The molecule has 0 N–H and O–H groups in total. The molecule has 0 radical (unpaired) electrons. The van der Waals surface area contributed by atoms with Gasteiger partial charge in [-0.25, -0.2) is 4.98 Å². The number of aryl methyl sites for hydroxylation is 1. The van der Waals surface area contributed by atoms with Crippen LogP contribution in [-0.4, -0.2) is 4.98 Å². The molecule has 1 aromatic carbocycles. The molecule has 0 aliphatic carbocycles. The van der Waals surface area contributed by atoms with E-state index in [1.54, 1.807) is 11.3 Å². The molecule has 0 bridgehead atoms. The zero-order valence-corrected chi connectivity index (χ0v) is 10.6. The van der Waals surface area contributed by atoms with Gasteiger partial charge in [-0.3, -0.25) is 0 Å². The van der Waals surface area contributed by atoms with Gasteiger partial charge in [0.2, 0.25) is 0 Å². The number of nitrogens with zero attached hydrogens (tertiary/aromatic N) is 1. The standard InChI is InChI=1S/C11H10BrNOS/c1-8-3-2-4-10(12)11(8)14-5-9-6-15-7-13-9/h2-4,6-7H,5H2,1H3. The predicted octanol–water partition coefficient (Wildman–Crippen LogP) is 3.79. The van der Waals surface area contributed by atoms with Gasteiger partial charge in [0, 0.05) is 5.38 Å². The first kappa shape index (κ1) is 10.6. The summed E-state index contributed by atoms with van der Waals surface area (Å²) in [6.07, 6.45) is 0. The molecule has 0 unspecified atom stereocenters. The Morgan fingerprint density at radius 3 is 3.00 bits per heavy atom. The molecule has 0 fully saturated rings. The third kappa shape index (κ3) is 2.58. The fraction of sp³-hybridized carbons (Fsp3) is 0.182. The highest BCUT2D eigenvalue weighted by atomic mass is 79.9. The smallest absolute Gasteiger partial charge is 0.136 e. The molecule has 78 valence electrons. The minimum absolute atomic E-state index is 0.521. The molecular formula is C11H10BrNOS. The second kappa shape index (κ2) is 4.77. The highest BCUT2D eigenvalue weighted by Gasteiger charge is 2.05. The summed E-state index contributed by atoms with van der Waals surface area (Å²) < 4.78 is 6.69. The van der Waals surface area contributed by atoms with Crippen molar-refractivity contribution in [2.24, 2.45) is 0 Å². The van der Waals surface area contributed by atoms with Gasteiger partial charge >= 0.3 is 0 Å². The Morgan fingerprint density at radius 1 is 1.47 bits per heavy atom. The third-order valence-electron chi connectivity index (χ3n) is 2.01. The van der Waals surface area contributed by atoms with Gasteiger partial charge in [0.1, 0.15) is 12.4 Å². The zero-order valence-electron chi connectivity index (χ0n) is 8.24. The van der Waals surface area contributed by atoms with E-state index in [2.05, 4.69) is 20.9 Å². The number of thiazole rings is 1. The molecule has 4 heteroatoms. The number of hydrogen-bond acceptors (Lipinski definition) is 3. The molecule has 15 heavy (non-hydrogen) atoms. The van der Waals surface area contributed by atoms with E-state index < -0.39 is 0 Å². The van der Waals surface area contributed by atoms with Crippen LogP contribution in [0.3, 0.4) is 0 Å². The summed E-state index contributed by atoms with van der Waals surface area (Å²) in [4.78, 5) is 4.17. The van der Waals surface area contributed by atoms with E-state index in [4.69, 9.17) is 4.74 Å². The molecule has 1 heterocycles. The lowest BCUT2D eigenvalue weighted by Gasteiger charge is -2.09. The topological polar surface area (TPSA) is 22.1 Å². The molecule has 2 aromatic rings. The molecular weight excluding hydrogens is 274 g/mol. The van der Waals surface area contributed by atoms with Crippen molar-refractivity contribution in [3.05, 3.63) is 44.8 Å². The molecule has 1 aromatic heterocycles. The van der Waals surface area contributed by atoms with Crippen molar-refractivity contribution in [1.29, 1.82) is 0 Å². The number of benzene rings is 1. The summed E-state index contributed by atoms with van der Waals surface area (Å²) >= 11 is 5.05. The second-order valence-corrected chi connectivity index (χ2v) is 4.73. The predicted molar refractivity (Wildman–Crippen MR) is 65.3 cm³/mol. The van der Waals surface area contributed by atoms with Crippen LogP contribution in [0.1, 0.15) is 11.3 Å². The first-order valence-corrected chi connectivity index (χ1v) is 6.26. The van der Waals surface area contributed by atoms with Gasteiger partial charge in [-0.15, -0.1) is 11.3 Å². The fourth-order valence-electron chi connectivity index (χ4n) is 1.25. The van der Waals surface area contributed by atoms with Crippen LogP contribution in [0.25, 0.3) is 0 Å². The van der Waals surface area contributed by atoms with Crippen molar-refractivity contribution in [2.75, 3.05) is 0 Å². The van der Waals surface area contributed by atoms with E-state index in [1.807, 2.05) is 36.0 Å². The number of hydrogen-bond donors (Lipinski definition) is 0. The minimum atomic E-state index is 0.521. The van der Waals surface area contributed by atoms with Crippen LogP contribution in [0.15, 0.2) is 33.6 Å². The average molecular weight is 284 g/mol. The summed E-state index contributed by atoms with van der Waals surface area (Å²) in [6.45, 7) is 2.55. The number of para-hydroxylation sites is 1. The van der Waals surface area contributed by atoms with E-state index >= 15 is 0 Å². The number of rotatable bonds is 3. The van der Waals surface area contributed by atoms with E-state index in [1.165, 1.54) is 0 Å².